The molecule has 3 aromatic heterocycles. The Kier molecular flexibility index (Phi) is 4.92. The largest absolute Gasteiger partial charge is 0.382 e. The van der Waals surface area contributed by atoms with Crippen LogP contribution in [0, 0.1) is 5.82 Å². The van der Waals surface area contributed by atoms with Crippen LogP contribution in [0.2, 0.25) is 10.0 Å². The van der Waals surface area contributed by atoms with E-state index in [-0.39, 0.29) is 44.4 Å². The van der Waals surface area contributed by atoms with Gasteiger partial charge in [0.25, 0.3) is 5.56 Å². The number of fused-ring (bicyclic) bond motifs is 1. The van der Waals surface area contributed by atoms with Gasteiger partial charge in [-0.25, -0.2) is 13.9 Å². The zero-order chi connectivity index (χ0) is 21.6. The number of anilines is 3. The average Bonchev–Trinajstić information content (AvgIpc) is 3.22. The van der Waals surface area contributed by atoms with Crippen LogP contribution in [-0.4, -0.2) is 29.7 Å². The molecule has 10 nitrogen and oxygen atoms in total. The first-order valence-electron chi connectivity index (χ1n) is 8.53. The highest BCUT2D eigenvalue weighted by Gasteiger charge is 2.22. The van der Waals surface area contributed by atoms with Gasteiger partial charge in [0.1, 0.15) is 28.3 Å². The van der Waals surface area contributed by atoms with Crippen LogP contribution in [0.3, 0.4) is 0 Å². The molecule has 0 bridgehead atoms. The minimum Gasteiger partial charge on any atom is -0.382 e. The van der Waals surface area contributed by atoms with E-state index in [1.165, 1.54) is 16.8 Å². The summed E-state index contributed by atoms with van der Waals surface area (Å²) >= 11 is 12.2. The van der Waals surface area contributed by atoms with E-state index < -0.39 is 17.4 Å². The molecule has 6 N–H and O–H groups in total. The van der Waals surface area contributed by atoms with Gasteiger partial charge in [0, 0.05) is 6.07 Å². The molecule has 4 rings (SSSR count). The molecular formula is C17H14Cl2FN9O. The lowest BCUT2D eigenvalue weighted by Crippen LogP contribution is -2.28. The normalized spacial score (nSPS) is 12.3. The summed E-state index contributed by atoms with van der Waals surface area (Å²) < 4.78 is 15.2. The molecule has 1 unspecified atom stereocenters. The molecule has 0 spiro atoms. The fraction of sp³-hybridized carbons (Fsp3) is 0.118. The predicted octanol–water partition coefficient (Wildman–Crippen LogP) is 2.68. The van der Waals surface area contributed by atoms with Gasteiger partial charge in [-0.05, 0) is 19.1 Å². The number of nitrogens with one attached hydrogen (secondary N) is 2. The van der Waals surface area contributed by atoms with Crippen LogP contribution in [0.1, 0.15) is 18.8 Å². The van der Waals surface area contributed by atoms with E-state index in [1.54, 1.807) is 13.0 Å². The molecule has 4 aromatic rings. The zero-order valence-corrected chi connectivity index (χ0v) is 16.8. The van der Waals surface area contributed by atoms with E-state index in [4.69, 9.17) is 34.7 Å². The molecule has 13 heteroatoms. The van der Waals surface area contributed by atoms with Gasteiger partial charge in [-0.3, -0.25) is 9.89 Å². The van der Waals surface area contributed by atoms with Gasteiger partial charge in [0.05, 0.1) is 28.2 Å². The maximum Gasteiger partial charge on any atom is 0.268 e. The summed E-state index contributed by atoms with van der Waals surface area (Å²) in [7, 11) is 0. The summed E-state index contributed by atoms with van der Waals surface area (Å²) in [5.41, 5.74) is 11.0. The number of nitrogens with zero attached hydrogens (tertiary/aromatic N) is 5. The first-order valence-corrected chi connectivity index (χ1v) is 9.29. The summed E-state index contributed by atoms with van der Waals surface area (Å²) in [4.78, 5) is 25.6. The predicted molar refractivity (Wildman–Crippen MR) is 112 cm³/mol. The van der Waals surface area contributed by atoms with Crippen LogP contribution in [-0.2, 0) is 0 Å². The van der Waals surface area contributed by atoms with Crippen LogP contribution in [0.25, 0.3) is 16.7 Å². The minimum atomic E-state index is -0.725. The number of aromatic amines is 1. The highest BCUT2D eigenvalue weighted by Crippen LogP contribution is 2.30. The van der Waals surface area contributed by atoms with Gasteiger partial charge in [0.2, 0.25) is 5.95 Å². The SMILES string of the molecule is CC(Nc1nc(N)nc(N)c1Cl)c1nc2ccc(F)c(Cl)c2c(=O)n1-c1ccn[nH]1. The van der Waals surface area contributed by atoms with Gasteiger partial charge in [-0.1, -0.05) is 23.2 Å². The number of halogens is 3. The van der Waals surface area contributed by atoms with Crippen molar-refractivity contribution in [1.82, 2.24) is 29.7 Å². The molecule has 0 saturated carbocycles. The van der Waals surface area contributed by atoms with E-state index in [9.17, 15) is 9.18 Å². The van der Waals surface area contributed by atoms with Gasteiger partial charge < -0.3 is 16.8 Å². The molecule has 154 valence electrons. The Hall–Kier alpha value is -3.44. The maximum atomic E-state index is 14.0. The van der Waals surface area contributed by atoms with Crippen molar-refractivity contribution in [1.29, 1.82) is 0 Å². The van der Waals surface area contributed by atoms with Crippen LogP contribution in [0.4, 0.5) is 22.0 Å². The van der Waals surface area contributed by atoms with Crippen molar-refractivity contribution >= 4 is 51.7 Å². The van der Waals surface area contributed by atoms with Crippen molar-refractivity contribution in [2.45, 2.75) is 13.0 Å². The highest BCUT2D eigenvalue weighted by atomic mass is 35.5. The summed E-state index contributed by atoms with van der Waals surface area (Å²) in [6, 6.07) is 3.45. The van der Waals surface area contributed by atoms with Gasteiger partial charge in [0.15, 0.2) is 5.82 Å². The number of nitrogen functional groups attached to an aromatic ring is 2. The van der Waals surface area contributed by atoms with Crippen molar-refractivity contribution in [2.24, 2.45) is 0 Å². The Morgan fingerprint density at radius 3 is 2.63 bits per heavy atom. The van der Waals surface area contributed by atoms with E-state index >= 15 is 0 Å². The summed E-state index contributed by atoms with van der Waals surface area (Å²) in [6.07, 6.45) is 1.46. The number of hydrogen-bond donors (Lipinski definition) is 4. The lowest BCUT2D eigenvalue weighted by Gasteiger charge is -2.20. The van der Waals surface area contributed by atoms with E-state index in [0.29, 0.717) is 5.82 Å². The Bertz CT molecular complexity index is 1320. The second-order valence-corrected chi connectivity index (χ2v) is 7.06. The third-order valence-corrected chi connectivity index (χ3v) is 5.06. The van der Waals surface area contributed by atoms with Crippen molar-refractivity contribution in [2.75, 3.05) is 16.8 Å². The molecular weight excluding hydrogens is 436 g/mol. The Balaban J connectivity index is 1.93. The van der Waals surface area contributed by atoms with Gasteiger partial charge in [-0.2, -0.15) is 15.1 Å². The molecule has 0 fully saturated rings. The van der Waals surface area contributed by atoms with Crippen molar-refractivity contribution < 1.29 is 4.39 Å². The molecule has 0 saturated heterocycles. The summed E-state index contributed by atoms with van der Waals surface area (Å²) in [6.45, 7) is 1.72. The number of benzene rings is 1. The quantitative estimate of drug-likeness (QED) is 0.370. The van der Waals surface area contributed by atoms with Crippen LogP contribution in [0.15, 0.2) is 29.2 Å². The van der Waals surface area contributed by atoms with Gasteiger partial charge in [-0.15, -0.1) is 0 Å². The molecule has 0 aliphatic carbocycles. The first kappa shape index (κ1) is 19.9. The number of aromatic nitrogens is 6. The third kappa shape index (κ3) is 3.27. The maximum absolute atomic E-state index is 14.0. The standard InChI is InChI=1S/C17H14Cl2FN9O/c1-6(24-14-12(19)13(21)26-17(22)27-14)15-25-8-3-2-7(20)11(18)10(8)16(30)29(15)9-4-5-23-28-9/h2-6H,1H3,(H,23,28)(H5,21,22,24,26,27). The van der Waals surface area contributed by atoms with Crippen LogP contribution < -0.4 is 22.3 Å². The molecule has 30 heavy (non-hydrogen) atoms. The van der Waals surface area contributed by atoms with Crippen molar-refractivity contribution in [3.8, 4) is 5.82 Å². The van der Waals surface area contributed by atoms with E-state index in [2.05, 4.69) is 30.5 Å². The smallest absolute Gasteiger partial charge is 0.268 e. The monoisotopic (exact) mass is 449 g/mol. The molecule has 0 amide bonds. The Morgan fingerprint density at radius 2 is 1.93 bits per heavy atom. The molecule has 1 aromatic carbocycles. The molecule has 0 radical (unpaired) electrons. The lowest BCUT2D eigenvalue weighted by molar-refractivity contribution is 0.629. The molecule has 3 heterocycles. The number of H-pyrrole nitrogens is 1. The third-order valence-electron chi connectivity index (χ3n) is 4.32. The highest BCUT2D eigenvalue weighted by molar-refractivity contribution is 6.35. The van der Waals surface area contributed by atoms with Crippen molar-refractivity contribution in [3.63, 3.8) is 0 Å². The van der Waals surface area contributed by atoms with Crippen molar-refractivity contribution in [3.05, 3.63) is 56.4 Å². The minimum absolute atomic E-state index is 0.00134. The zero-order valence-electron chi connectivity index (χ0n) is 15.3. The number of rotatable bonds is 4. The van der Waals surface area contributed by atoms with Crippen LogP contribution >= 0.6 is 23.2 Å². The Labute approximate surface area is 178 Å². The molecule has 0 aliphatic heterocycles. The second-order valence-electron chi connectivity index (χ2n) is 6.30. The lowest BCUT2D eigenvalue weighted by atomic mass is 10.2. The summed E-state index contributed by atoms with van der Waals surface area (Å²) in [5.74, 6) is -0.0732. The number of nitrogens with two attached hydrogens (primary N) is 2. The van der Waals surface area contributed by atoms with E-state index in [1.807, 2.05) is 0 Å². The molecule has 0 aliphatic rings. The van der Waals surface area contributed by atoms with E-state index in [0.717, 1.165) is 6.07 Å². The number of hydrogen-bond acceptors (Lipinski definition) is 8. The second kappa shape index (κ2) is 7.43. The topological polar surface area (TPSA) is 153 Å². The fourth-order valence-electron chi connectivity index (χ4n) is 2.97. The fourth-order valence-corrected chi connectivity index (χ4v) is 3.35. The average molecular weight is 450 g/mol. The van der Waals surface area contributed by atoms with Gasteiger partial charge >= 0.3 is 0 Å². The summed E-state index contributed by atoms with van der Waals surface area (Å²) in [5, 5.41) is 9.28. The first-order chi connectivity index (χ1) is 14.3. The Morgan fingerprint density at radius 1 is 1.17 bits per heavy atom. The molecule has 1 atom stereocenters. The van der Waals surface area contributed by atoms with Crippen LogP contribution in [0.5, 0.6) is 0 Å².